The number of carbonyl (C=O) groups excluding carboxylic acids is 2. The van der Waals surface area contributed by atoms with E-state index in [4.69, 9.17) is 0 Å². The minimum Gasteiger partial charge on any atom is -0.345 e. The summed E-state index contributed by atoms with van der Waals surface area (Å²) in [4.78, 5) is 23.6. The van der Waals surface area contributed by atoms with Crippen LogP contribution in [0.4, 0.5) is 10.2 Å². The average Bonchev–Trinajstić information content (AvgIpc) is 2.90. The van der Waals surface area contributed by atoms with Crippen molar-refractivity contribution < 1.29 is 14.0 Å². The second-order valence-corrected chi connectivity index (χ2v) is 5.37. The molecule has 1 aromatic carbocycles. The maximum absolute atomic E-state index is 13.1. The standard InChI is InChI=1S/C16H19FN4O2/c1-11(6-7-12-4-3-5-13(17)10-12)18-15(22)16(23)19-14-8-9-21(2)20-14/h3-5,8-11H,6-7H2,1-2H3,(H,18,22)(H,19,20,23)/t11-/m1/s1. The summed E-state index contributed by atoms with van der Waals surface area (Å²) >= 11 is 0. The molecule has 0 aliphatic carbocycles. The summed E-state index contributed by atoms with van der Waals surface area (Å²) in [5, 5.41) is 8.99. The molecule has 1 atom stereocenters. The van der Waals surface area contributed by atoms with E-state index in [9.17, 15) is 14.0 Å². The highest BCUT2D eigenvalue weighted by atomic mass is 19.1. The van der Waals surface area contributed by atoms with Crippen molar-refractivity contribution in [3.63, 3.8) is 0 Å². The van der Waals surface area contributed by atoms with Gasteiger partial charge in [-0.05, 0) is 37.5 Å². The first-order valence-electron chi connectivity index (χ1n) is 7.30. The van der Waals surface area contributed by atoms with Crippen LogP contribution in [0.15, 0.2) is 36.5 Å². The van der Waals surface area contributed by atoms with Gasteiger partial charge in [-0.1, -0.05) is 12.1 Å². The van der Waals surface area contributed by atoms with Gasteiger partial charge in [-0.15, -0.1) is 0 Å². The van der Waals surface area contributed by atoms with Gasteiger partial charge < -0.3 is 10.6 Å². The Morgan fingerprint density at radius 3 is 2.74 bits per heavy atom. The number of anilines is 1. The molecule has 2 aromatic rings. The van der Waals surface area contributed by atoms with E-state index in [2.05, 4.69) is 15.7 Å². The summed E-state index contributed by atoms with van der Waals surface area (Å²) in [6.45, 7) is 1.80. The van der Waals surface area contributed by atoms with Crippen LogP contribution in [0, 0.1) is 5.82 Å². The van der Waals surface area contributed by atoms with Gasteiger partial charge in [0.05, 0.1) is 0 Å². The Morgan fingerprint density at radius 1 is 1.30 bits per heavy atom. The van der Waals surface area contributed by atoms with Gasteiger partial charge in [-0.3, -0.25) is 14.3 Å². The first kappa shape index (κ1) is 16.7. The van der Waals surface area contributed by atoms with Crippen LogP contribution >= 0.6 is 0 Å². The van der Waals surface area contributed by atoms with Crippen LogP contribution < -0.4 is 10.6 Å². The van der Waals surface area contributed by atoms with Crippen LogP contribution in [0.2, 0.25) is 0 Å². The predicted molar refractivity (Wildman–Crippen MR) is 84.2 cm³/mol. The molecule has 122 valence electrons. The van der Waals surface area contributed by atoms with Crippen molar-refractivity contribution >= 4 is 17.6 Å². The zero-order valence-electron chi connectivity index (χ0n) is 13.0. The van der Waals surface area contributed by atoms with Crippen LogP contribution in [0.5, 0.6) is 0 Å². The molecule has 2 rings (SSSR count). The monoisotopic (exact) mass is 318 g/mol. The van der Waals surface area contributed by atoms with E-state index in [0.717, 1.165) is 5.56 Å². The molecular formula is C16H19FN4O2. The molecule has 0 spiro atoms. The van der Waals surface area contributed by atoms with E-state index in [0.29, 0.717) is 18.7 Å². The summed E-state index contributed by atoms with van der Waals surface area (Å²) in [6, 6.07) is 7.71. The third-order valence-electron chi connectivity index (χ3n) is 3.29. The maximum atomic E-state index is 13.1. The number of rotatable bonds is 5. The van der Waals surface area contributed by atoms with E-state index in [1.165, 1.54) is 16.8 Å². The summed E-state index contributed by atoms with van der Waals surface area (Å²) in [5.74, 6) is -1.45. The van der Waals surface area contributed by atoms with Gasteiger partial charge in [-0.25, -0.2) is 4.39 Å². The third kappa shape index (κ3) is 5.21. The number of aromatic nitrogens is 2. The van der Waals surface area contributed by atoms with Crippen molar-refractivity contribution in [3.8, 4) is 0 Å². The number of benzene rings is 1. The molecule has 0 unspecified atom stereocenters. The van der Waals surface area contributed by atoms with Gasteiger partial charge in [0.2, 0.25) is 0 Å². The number of nitrogens with one attached hydrogen (secondary N) is 2. The summed E-state index contributed by atoms with van der Waals surface area (Å²) in [5.41, 5.74) is 0.851. The first-order valence-corrected chi connectivity index (χ1v) is 7.30. The summed E-state index contributed by atoms with van der Waals surface area (Å²) in [6.07, 6.45) is 2.88. The second-order valence-electron chi connectivity index (χ2n) is 5.37. The van der Waals surface area contributed by atoms with Crippen LogP contribution in [0.25, 0.3) is 0 Å². The largest absolute Gasteiger partial charge is 0.345 e. The average molecular weight is 318 g/mol. The van der Waals surface area contributed by atoms with E-state index in [-0.39, 0.29) is 11.9 Å². The minimum absolute atomic E-state index is 0.208. The minimum atomic E-state index is -0.763. The Bertz CT molecular complexity index is 699. The summed E-state index contributed by atoms with van der Waals surface area (Å²) in [7, 11) is 1.71. The Balaban J connectivity index is 1.78. The fourth-order valence-corrected chi connectivity index (χ4v) is 2.09. The smallest absolute Gasteiger partial charge is 0.314 e. The van der Waals surface area contributed by atoms with E-state index >= 15 is 0 Å². The number of hydrogen-bond acceptors (Lipinski definition) is 3. The molecular weight excluding hydrogens is 299 g/mol. The highest BCUT2D eigenvalue weighted by Crippen LogP contribution is 2.08. The lowest BCUT2D eigenvalue weighted by molar-refractivity contribution is -0.136. The molecule has 0 saturated carbocycles. The Labute approximate surface area is 133 Å². The van der Waals surface area contributed by atoms with Crippen LogP contribution in [-0.2, 0) is 23.1 Å². The molecule has 1 aromatic heterocycles. The normalized spacial score (nSPS) is 11.8. The Hall–Kier alpha value is -2.70. The highest BCUT2D eigenvalue weighted by molar-refractivity contribution is 6.39. The number of halogens is 1. The maximum Gasteiger partial charge on any atom is 0.314 e. The fourth-order valence-electron chi connectivity index (χ4n) is 2.09. The molecule has 0 saturated heterocycles. The van der Waals surface area contributed by atoms with E-state index < -0.39 is 11.8 Å². The highest BCUT2D eigenvalue weighted by Gasteiger charge is 2.17. The second kappa shape index (κ2) is 7.53. The zero-order chi connectivity index (χ0) is 16.8. The quantitative estimate of drug-likeness (QED) is 0.823. The van der Waals surface area contributed by atoms with E-state index in [1.807, 2.05) is 6.07 Å². The molecule has 6 nitrogen and oxygen atoms in total. The van der Waals surface area contributed by atoms with Gasteiger partial charge in [0, 0.05) is 25.4 Å². The molecule has 0 bridgehead atoms. The number of nitrogens with zero attached hydrogens (tertiary/aromatic N) is 2. The van der Waals surface area contributed by atoms with Gasteiger partial charge in [0.25, 0.3) is 0 Å². The van der Waals surface area contributed by atoms with Crippen LogP contribution in [-0.4, -0.2) is 27.6 Å². The molecule has 0 aliphatic heterocycles. The molecule has 2 amide bonds. The Kier molecular flexibility index (Phi) is 5.46. The van der Waals surface area contributed by atoms with Crippen molar-refractivity contribution in [2.75, 3.05) is 5.32 Å². The molecule has 7 heteroatoms. The SMILES string of the molecule is C[C@H](CCc1cccc(F)c1)NC(=O)C(=O)Nc1ccn(C)n1. The van der Waals surface area contributed by atoms with Gasteiger partial charge in [0.15, 0.2) is 5.82 Å². The zero-order valence-corrected chi connectivity index (χ0v) is 13.0. The third-order valence-corrected chi connectivity index (χ3v) is 3.29. The number of aryl methyl sites for hydroxylation is 2. The molecule has 23 heavy (non-hydrogen) atoms. The summed E-state index contributed by atoms with van der Waals surface area (Å²) < 4.78 is 14.6. The van der Waals surface area contributed by atoms with Crippen molar-refractivity contribution in [1.82, 2.24) is 15.1 Å². The van der Waals surface area contributed by atoms with Crippen molar-refractivity contribution in [1.29, 1.82) is 0 Å². The molecule has 0 fully saturated rings. The topological polar surface area (TPSA) is 76.0 Å². The molecule has 0 radical (unpaired) electrons. The van der Waals surface area contributed by atoms with Crippen molar-refractivity contribution in [2.45, 2.75) is 25.8 Å². The van der Waals surface area contributed by atoms with Gasteiger partial charge in [-0.2, -0.15) is 5.10 Å². The lowest BCUT2D eigenvalue weighted by Crippen LogP contribution is -2.40. The van der Waals surface area contributed by atoms with E-state index in [1.54, 1.807) is 32.3 Å². The van der Waals surface area contributed by atoms with Gasteiger partial charge in [0.1, 0.15) is 5.82 Å². The first-order chi connectivity index (χ1) is 10.9. The lowest BCUT2D eigenvalue weighted by atomic mass is 10.1. The molecule has 0 aliphatic rings. The van der Waals surface area contributed by atoms with Crippen molar-refractivity contribution in [2.24, 2.45) is 7.05 Å². The molecule has 2 N–H and O–H groups in total. The number of amides is 2. The predicted octanol–water partition coefficient (Wildman–Crippen LogP) is 1.64. The van der Waals surface area contributed by atoms with Crippen LogP contribution in [0.3, 0.4) is 0 Å². The van der Waals surface area contributed by atoms with Gasteiger partial charge >= 0.3 is 11.8 Å². The number of carbonyl (C=O) groups is 2. The fraction of sp³-hybridized carbons (Fsp3) is 0.312. The number of hydrogen-bond donors (Lipinski definition) is 2. The van der Waals surface area contributed by atoms with Crippen molar-refractivity contribution in [3.05, 3.63) is 47.9 Å². The lowest BCUT2D eigenvalue weighted by Gasteiger charge is -2.13. The Morgan fingerprint density at radius 2 is 2.09 bits per heavy atom. The molecule has 1 heterocycles. The van der Waals surface area contributed by atoms with Crippen LogP contribution in [0.1, 0.15) is 18.9 Å².